The number of aromatic amines is 1. The van der Waals surface area contributed by atoms with Crippen LogP contribution in [-0.4, -0.2) is 20.5 Å². The third kappa shape index (κ3) is 2.67. The molecule has 2 aromatic carbocycles. The van der Waals surface area contributed by atoms with Crippen molar-refractivity contribution in [1.82, 2.24) is 14.8 Å². The number of H-pyrrole nitrogens is 1. The summed E-state index contributed by atoms with van der Waals surface area (Å²) >= 11 is 6.14. The van der Waals surface area contributed by atoms with Crippen molar-refractivity contribution in [1.29, 1.82) is 0 Å². The average Bonchev–Trinajstić information content (AvgIpc) is 3.05. The summed E-state index contributed by atoms with van der Waals surface area (Å²) in [5, 5.41) is 4.20. The minimum absolute atomic E-state index is 0.00693. The zero-order valence-corrected chi connectivity index (χ0v) is 15.6. The summed E-state index contributed by atoms with van der Waals surface area (Å²) in [5.74, 6) is -0.00346. The Balaban J connectivity index is 1.68. The lowest BCUT2D eigenvalue weighted by Gasteiger charge is -2.24. The molecule has 6 heteroatoms. The van der Waals surface area contributed by atoms with Crippen molar-refractivity contribution < 1.29 is 4.79 Å². The molecule has 0 bridgehead atoms. The average molecular weight is 390 g/mol. The van der Waals surface area contributed by atoms with Crippen LogP contribution in [0.5, 0.6) is 0 Å². The van der Waals surface area contributed by atoms with Crippen LogP contribution < -0.4 is 5.56 Å². The largest absolute Gasteiger partial charge is 0.294 e. The summed E-state index contributed by atoms with van der Waals surface area (Å²) in [5.41, 5.74) is 3.35. The van der Waals surface area contributed by atoms with Gasteiger partial charge in [-0.25, -0.2) is 9.67 Å². The second kappa shape index (κ2) is 6.46. The third-order valence-electron chi connectivity index (χ3n) is 5.34. The number of carbonyl (C=O) groups is 1. The third-order valence-corrected chi connectivity index (χ3v) is 5.57. The van der Waals surface area contributed by atoms with Crippen LogP contribution in [0.3, 0.4) is 0 Å². The first-order chi connectivity index (χ1) is 13.6. The molecular formula is C22H16ClN3O2. The lowest BCUT2D eigenvalue weighted by atomic mass is 9.79. The fraction of sp³-hybridized carbons (Fsp3) is 0.136. The van der Waals surface area contributed by atoms with E-state index in [0.717, 1.165) is 16.8 Å². The van der Waals surface area contributed by atoms with Crippen molar-refractivity contribution >= 4 is 28.4 Å². The van der Waals surface area contributed by atoms with Crippen LogP contribution in [0.1, 0.15) is 33.8 Å². The molecular weight excluding hydrogens is 374 g/mol. The van der Waals surface area contributed by atoms with Crippen LogP contribution >= 0.6 is 11.6 Å². The van der Waals surface area contributed by atoms with Gasteiger partial charge in [-0.3, -0.25) is 14.7 Å². The molecule has 1 N–H and O–H groups in total. The number of Topliss-reactive ketones (excluding diaryl/α,β-unsaturated/α-hetero) is 1. The molecule has 0 spiro atoms. The van der Waals surface area contributed by atoms with E-state index in [1.807, 2.05) is 54.6 Å². The standard InChI is InChI=1S/C22H16ClN3O2/c23-15-6-4-5-13(9-15)14-10-17-18(19(27)11-14)12-24-21-20(17)22(28)26(25-21)16-7-2-1-3-8-16/h1-9,12,14H,10-11H2,(H,24,25)/t14-/m1/s1. The van der Waals surface area contributed by atoms with E-state index in [2.05, 4.69) is 10.1 Å². The van der Waals surface area contributed by atoms with E-state index >= 15 is 0 Å². The maximum atomic E-state index is 13.2. The number of fused-ring (bicyclic) bond motifs is 3. The van der Waals surface area contributed by atoms with Gasteiger partial charge in [0.15, 0.2) is 11.4 Å². The summed E-state index contributed by atoms with van der Waals surface area (Å²) in [4.78, 5) is 30.3. The highest BCUT2D eigenvalue weighted by atomic mass is 35.5. The van der Waals surface area contributed by atoms with Gasteiger partial charge in [-0.15, -0.1) is 0 Å². The van der Waals surface area contributed by atoms with Gasteiger partial charge < -0.3 is 0 Å². The Morgan fingerprint density at radius 2 is 1.86 bits per heavy atom. The summed E-state index contributed by atoms with van der Waals surface area (Å²) in [6.07, 6.45) is 2.57. The highest BCUT2D eigenvalue weighted by molar-refractivity contribution is 6.30. The van der Waals surface area contributed by atoms with E-state index in [0.29, 0.717) is 34.5 Å². The molecule has 2 heterocycles. The van der Waals surface area contributed by atoms with Crippen LogP contribution in [0.15, 0.2) is 65.6 Å². The molecule has 0 amide bonds. The van der Waals surface area contributed by atoms with Gasteiger partial charge >= 0.3 is 0 Å². The molecule has 1 atom stereocenters. The van der Waals surface area contributed by atoms with Gasteiger partial charge in [0.05, 0.1) is 11.1 Å². The molecule has 2 aromatic heterocycles. The Hall–Kier alpha value is -3.18. The molecule has 4 aromatic rings. The van der Waals surface area contributed by atoms with Crippen molar-refractivity contribution in [3.05, 3.63) is 92.9 Å². The quantitative estimate of drug-likeness (QED) is 0.556. The summed E-state index contributed by atoms with van der Waals surface area (Å²) in [6, 6.07) is 16.9. The fourth-order valence-corrected chi connectivity index (χ4v) is 4.19. The molecule has 5 nitrogen and oxygen atoms in total. The molecule has 1 aliphatic carbocycles. The second-order valence-electron chi connectivity index (χ2n) is 7.05. The summed E-state index contributed by atoms with van der Waals surface area (Å²) in [6.45, 7) is 0. The Bertz CT molecular complexity index is 1270. The molecule has 0 saturated heterocycles. The minimum atomic E-state index is -0.190. The van der Waals surface area contributed by atoms with Crippen LogP contribution in [0, 0.1) is 0 Å². The molecule has 138 valence electrons. The summed E-state index contributed by atoms with van der Waals surface area (Å²) in [7, 11) is 0. The van der Waals surface area contributed by atoms with E-state index in [1.54, 1.807) is 6.20 Å². The Morgan fingerprint density at radius 3 is 2.64 bits per heavy atom. The summed E-state index contributed by atoms with van der Waals surface area (Å²) < 4.78 is 1.48. The van der Waals surface area contributed by atoms with Gasteiger partial charge in [-0.1, -0.05) is 41.9 Å². The van der Waals surface area contributed by atoms with Gasteiger partial charge in [-0.05, 0) is 47.7 Å². The molecule has 0 fully saturated rings. The molecule has 1 aliphatic rings. The van der Waals surface area contributed by atoms with Crippen LogP contribution in [0.4, 0.5) is 0 Å². The number of nitrogens with one attached hydrogen (secondary N) is 1. The number of pyridine rings is 1. The van der Waals surface area contributed by atoms with Crippen molar-refractivity contribution in [2.45, 2.75) is 18.8 Å². The number of ketones is 1. The highest BCUT2D eigenvalue weighted by Gasteiger charge is 2.30. The van der Waals surface area contributed by atoms with Crippen LogP contribution in [0.2, 0.25) is 5.02 Å². The first-order valence-electron chi connectivity index (χ1n) is 9.08. The number of carbonyl (C=O) groups excluding carboxylic acids is 1. The molecule has 0 unspecified atom stereocenters. The predicted octanol–water partition coefficient (Wildman–Crippen LogP) is 4.28. The highest BCUT2D eigenvalue weighted by Crippen LogP contribution is 2.35. The van der Waals surface area contributed by atoms with E-state index in [9.17, 15) is 9.59 Å². The van der Waals surface area contributed by atoms with Crippen LogP contribution in [-0.2, 0) is 6.42 Å². The molecule has 0 saturated carbocycles. The van der Waals surface area contributed by atoms with Gasteiger partial charge in [0, 0.05) is 23.2 Å². The van der Waals surface area contributed by atoms with Gasteiger partial charge in [0.2, 0.25) is 0 Å². The number of para-hydroxylation sites is 1. The van der Waals surface area contributed by atoms with Crippen molar-refractivity contribution in [3.8, 4) is 5.69 Å². The maximum Gasteiger partial charge on any atom is 0.281 e. The second-order valence-corrected chi connectivity index (χ2v) is 7.48. The normalized spacial score (nSPS) is 16.3. The Morgan fingerprint density at radius 1 is 1.04 bits per heavy atom. The first kappa shape index (κ1) is 17.0. The number of rotatable bonds is 2. The van der Waals surface area contributed by atoms with E-state index in [4.69, 9.17) is 11.6 Å². The van der Waals surface area contributed by atoms with E-state index in [-0.39, 0.29) is 17.3 Å². The van der Waals surface area contributed by atoms with Gasteiger partial charge in [0.1, 0.15) is 0 Å². The minimum Gasteiger partial charge on any atom is -0.294 e. The lowest BCUT2D eigenvalue weighted by Crippen LogP contribution is -2.22. The van der Waals surface area contributed by atoms with E-state index < -0.39 is 0 Å². The maximum absolute atomic E-state index is 13.2. The monoisotopic (exact) mass is 389 g/mol. The Labute approximate surface area is 165 Å². The number of nitrogens with zero attached hydrogens (tertiary/aromatic N) is 2. The number of aromatic nitrogens is 3. The van der Waals surface area contributed by atoms with Gasteiger partial charge in [0.25, 0.3) is 5.56 Å². The van der Waals surface area contributed by atoms with Crippen molar-refractivity contribution in [2.24, 2.45) is 0 Å². The zero-order chi connectivity index (χ0) is 19.3. The number of halogens is 1. The first-order valence-corrected chi connectivity index (χ1v) is 9.46. The lowest BCUT2D eigenvalue weighted by molar-refractivity contribution is 0.0964. The van der Waals surface area contributed by atoms with Gasteiger partial charge in [-0.2, -0.15) is 0 Å². The van der Waals surface area contributed by atoms with Crippen LogP contribution in [0.25, 0.3) is 16.7 Å². The fourth-order valence-electron chi connectivity index (χ4n) is 3.99. The molecule has 0 aliphatic heterocycles. The number of hydrogen-bond acceptors (Lipinski definition) is 3. The van der Waals surface area contributed by atoms with Crippen molar-refractivity contribution in [2.75, 3.05) is 0 Å². The Kier molecular flexibility index (Phi) is 3.91. The molecule has 5 rings (SSSR count). The molecule has 0 radical (unpaired) electrons. The van der Waals surface area contributed by atoms with E-state index in [1.165, 1.54) is 4.68 Å². The molecule has 28 heavy (non-hydrogen) atoms. The predicted molar refractivity (Wildman–Crippen MR) is 109 cm³/mol. The topological polar surface area (TPSA) is 67.8 Å². The SMILES string of the molecule is O=C1C[C@H](c2cccc(Cl)c2)Cc2c1cnc1[nH]n(-c3ccccc3)c(=O)c21. The number of hydrogen-bond donors (Lipinski definition) is 1. The van der Waals surface area contributed by atoms with Crippen molar-refractivity contribution in [3.63, 3.8) is 0 Å². The number of benzene rings is 2. The smallest absolute Gasteiger partial charge is 0.281 e. The zero-order valence-electron chi connectivity index (χ0n) is 14.9.